The summed E-state index contributed by atoms with van der Waals surface area (Å²) in [5.41, 5.74) is 14.5. The van der Waals surface area contributed by atoms with Crippen LogP contribution in [0, 0.1) is 0 Å². The number of hydrazone groups is 2. The van der Waals surface area contributed by atoms with Gasteiger partial charge in [0.15, 0.2) is 11.6 Å². The first kappa shape index (κ1) is 24.8. The van der Waals surface area contributed by atoms with E-state index in [2.05, 4.69) is 78.5 Å². The lowest BCUT2D eigenvalue weighted by atomic mass is 9.83. The molecule has 0 aliphatic heterocycles. The van der Waals surface area contributed by atoms with Gasteiger partial charge in [0.25, 0.3) is 0 Å². The smallest absolute Gasteiger partial charge is 0.231 e. The highest BCUT2D eigenvalue weighted by Crippen LogP contribution is 2.32. The minimum Gasteiger partial charge on any atom is -0.324 e. The fraction of sp³-hybridized carbons (Fsp3) is 0.250. The van der Waals surface area contributed by atoms with E-state index in [9.17, 15) is 0 Å². The Bertz CT molecular complexity index is 1440. The summed E-state index contributed by atoms with van der Waals surface area (Å²) in [4.78, 5) is 9.39. The zero-order valence-electron chi connectivity index (χ0n) is 22.4. The zero-order valence-corrected chi connectivity index (χ0v) is 22.4. The van der Waals surface area contributed by atoms with Gasteiger partial charge in [0.2, 0.25) is 5.95 Å². The van der Waals surface area contributed by atoms with Crippen molar-refractivity contribution in [2.45, 2.75) is 51.4 Å². The molecule has 4 aromatic rings. The summed E-state index contributed by atoms with van der Waals surface area (Å²) in [6.45, 7) is 4.56. The van der Waals surface area contributed by atoms with Gasteiger partial charge in [0.05, 0.1) is 11.4 Å². The number of benzene rings is 3. The second-order valence-electron chi connectivity index (χ2n) is 10.3. The molecule has 0 saturated heterocycles. The van der Waals surface area contributed by atoms with Crippen molar-refractivity contribution in [2.24, 2.45) is 10.2 Å². The highest BCUT2D eigenvalue weighted by atomic mass is 15.4. The van der Waals surface area contributed by atoms with Gasteiger partial charge in [-0.05, 0) is 60.8 Å². The number of nitrogens with zero attached hydrogens (tertiary/aromatic N) is 4. The normalized spacial score (nSPS) is 20.3. The highest BCUT2D eigenvalue weighted by Gasteiger charge is 2.22. The first-order valence-corrected chi connectivity index (χ1v) is 13.7. The van der Waals surface area contributed by atoms with Gasteiger partial charge in [-0.15, -0.1) is 0 Å². The molecule has 3 N–H and O–H groups in total. The van der Waals surface area contributed by atoms with Crippen LogP contribution in [0.25, 0.3) is 0 Å². The van der Waals surface area contributed by atoms with E-state index < -0.39 is 0 Å². The lowest BCUT2D eigenvalue weighted by Gasteiger charge is -2.23. The van der Waals surface area contributed by atoms with Crippen LogP contribution in [-0.2, 0) is 0 Å². The van der Waals surface area contributed by atoms with Crippen molar-refractivity contribution in [3.05, 3.63) is 107 Å². The van der Waals surface area contributed by atoms with Crippen molar-refractivity contribution in [3.63, 3.8) is 0 Å². The van der Waals surface area contributed by atoms with E-state index in [-0.39, 0.29) is 0 Å². The van der Waals surface area contributed by atoms with Gasteiger partial charge in [0.1, 0.15) is 0 Å². The lowest BCUT2D eigenvalue weighted by molar-refractivity contribution is 0.684. The number of fused-ring (bicyclic) bond motifs is 2. The molecule has 0 radical (unpaired) electrons. The van der Waals surface area contributed by atoms with Crippen LogP contribution in [0.5, 0.6) is 0 Å². The van der Waals surface area contributed by atoms with E-state index in [0.29, 0.717) is 29.4 Å². The molecule has 2 atom stereocenters. The number of aromatic nitrogens is 2. The van der Waals surface area contributed by atoms with Crippen molar-refractivity contribution in [1.29, 1.82) is 0 Å². The van der Waals surface area contributed by atoms with Crippen LogP contribution in [-0.4, -0.2) is 21.4 Å². The maximum absolute atomic E-state index is 4.79. The van der Waals surface area contributed by atoms with Crippen molar-refractivity contribution in [2.75, 3.05) is 16.2 Å². The Morgan fingerprint density at radius 1 is 0.641 bits per heavy atom. The molecular formula is C32H33N7. The van der Waals surface area contributed by atoms with Gasteiger partial charge in [-0.1, -0.05) is 80.6 Å². The van der Waals surface area contributed by atoms with Gasteiger partial charge in [-0.25, -0.2) is 0 Å². The molecule has 6 rings (SSSR count). The molecular weight excluding hydrogens is 482 g/mol. The largest absolute Gasteiger partial charge is 0.324 e. The summed E-state index contributed by atoms with van der Waals surface area (Å²) in [7, 11) is 0. The van der Waals surface area contributed by atoms with Gasteiger partial charge in [-0.2, -0.15) is 20.2 Å². The van der Waals surface area contributed by atoms with Crippen molar-refractivity contribution in [3.8, 4) is 0 Å². The molecule has 0 fully saturated rings. The summed E-state index contributed by atoms with van der Waals surface area (Å²) in [5, 5.41) is 12.9. The molecule has 7 heteroatoms. The van der Waals surface area contributed by atoms with E-state index in [0.717, 1.165) is 42.8 Å². The molecule has 1 aromatic heterocycles. The molecule has 0 bridgehead atoms. The zero-order chi connectivity index (χ0) is 26.6. The number of para-hydroxylation sites is 1. The second-order valence-corrected chi connectivity index (χ2v) is 10.3. The van der Waals surface area contributed by atoms with Crippen LogP contribution in [0.4, 0.5) is 23.3 Å². The third-order valence-corrected chi connectivity index (χ3v) is 7.60. The molecule has 2 aliphatic carbocycles. The maximum atomic E-state index is 4.79. The molecule has 7 nitrogen and oxygen atoms in total. The fourth-order valence-corrected chi connectivity index (χ4v) is 5.42. The van der Waals surface area contributed by atoms with Gasteiger partial charge >= 0.3 is 0 Å². The highest BCUT2D eigenvalue weighted by molar-refractivity contribution is 6.04. The van der Waals surface area contributed by atoms with Crippen LogP contribution < -0.4 is 16.2 Å². The third kappa shape index (κ3) is 5.53. The molecule has 0 spiro atoms. The number of hydrogen-bond acceptors (Lipinski definition) is 7. The van der Waals surface area contributed by atoms with Gasteiger partial charge < -0.3 is 5.32 Å². The number of anilines is 4. The van der Waals surface area contributed by atoms with Crippen LogP contribution in [0.2, 0.25) is 0 Å². The number of rotatable bonds is 6. The van der Waals surface area contributed by atoms with Crippen LogP contribution in [0.15, 0.2) is 95.1 Å². The van der Waals surface area contributed by atoms with E-state index in [4.69, 9.17) is 20.2 Å². The molecule has 2 aliphatic rings. The average molecular weight is 516 g/mol. The molecule has 39 heavy (non-hydrogen) atoms. The molecule has 2 unspecified atom stereocenters. The number of nitrogens with one attached hydrogen (secondary N) is 3. The Morgan fingerprint density at radius 2 is 1.13 bits per heavy atom. The summed E-state index contributed by atoms with van der Waals surface area (Å²) in [6.07, 6.45) is 3.99. The first-order chi connectivity index (χ1) is 19.1. The first-order valence-electron chi connectivity index (χ1n) is 13.7. The Hall–Kier alpha value is -4.52. The fourth-order valence-electron chi connectivity index (χ4n) is 5.42. The average Bonchev–Trinajstić information content (AvgIpc) is 2.97. The Balaban J connectivity index is 1.30. The maximum Gasteiger partial charge on any atom is 0.231 e. The monoisotopic (exact) mass is 515 g/mol. The summed E-state index contributed by atoms with van der Waals surface area (Å²) in [5.74, 6) is 2.71. The van der Waals surface area contributed by atoms with E-state index in [1.165, 1.54) is 22.3 Å². The van der Waals surface area contributed by atoms with Gasteiger partial charge in [0, 0.05) is 22.9 Å². The van der Waals surface area contributed by atoms with Crippen molar-refractivity contribution < 1.29 is 0 Å². The van der Waals surface area contributed by atoms with Crippen LogP contribution in [0.3, 0.4) is 0 Å². The minimum absolute atomic E-state index is 0.462. The molecule has 196 valence electrons. The summed E-state index contributed by atoms with van der Waals surface area (Å²) < 4.78 is 0. The summed E-state index contributed by atoms with van der Waals surface area (Å²) >= 11 is 0. The number of hydrogen-bond donors (Lipinski definition) is 3. The lowest BCUT2D eigenvalue weighted by Crippen LogP contribution is -2.16. The van der Waals surface area contributed by atoms with Crippen molar-refractivity contribution in [1.82, 2.24) is 9.97 Å². The standard InChI is InChI=1S/C32H33N7/c1-21-16-18-28(26-14-8-6-12-24(21)26)36-38-30-20-31(35-32(34-30)33-23-10-4-3-5-11-23)39-37-29-19-17-22(2)25-13-7-9-15-27(25)29/h3-15,20-22H,16-19H2,1-2H3,(H3,33,34,35,38,39). The molecule has 0 amide bonds. The summed E-state index contributed by atoms with van der Waals surface area (Å²) in [6, 6.07) is 28.8. The molecule has 3 aromatic carbocycles. The van der Waals surface area contributed by atoms with E-state index in [1.807, 2.05) is 36.4 Å². The van der Waals surface area contributed by atoms with Crippen LogP contribution in [0.1, 0.15) is 73.6 Å². The second kappa shape index (κ2) is 11.1. The Kier molecular flexibility index (Phi) is 7.04. The Morgan fingerprint density at radius 3 is 1.67 bits per heavy atom. The molecule has 0 saturated carbocycles. The van der Waals surface area contributed by atoms with Gasteiger partial charge in [-0.3, -0.25) is 10.9 Å². The quantitative estimate of drug-likeness (QED) is 0.230. The van der Waals surface area contributed by atoms with E-state index >= 15 is 0 Å². The van der Waals surface area contributed by atoms with Crippen LogP contribution >= 0.6 is 0 Å². The Labute approximate surface area is 229 Å². The predicted octanol–water partition coefficient (Wildman–Crippen LogP) is 7.65. The van der Waals surface area contributed by atoms with E-state index in [1.54, 1.807) is 0 Å². The SMILES string of the molecule is CC1CCC(=NNc2cc(NN=C3CCC(C)c4ccccc43)nc(Nc3ccccc3)n2)c2ccccc21. The minimum atomic E-state index is 0.462. The molecule has 1 heterocycles. The predicted molar refractivity (Wildman–Crippen MR) is 160 cm³/mol. The van der Waals surface area contributed by atoms with Crippen molar-refractivity contribution >= 4 is 34.7 Å². The third-order valence-electron chi connectivity index (χ3n) is 7.60. The topological polar surface area (TPSA) is 86.6 Å².